The molecule has 0 radical (unpaired) electrons. The molecule has 0 unspecified atom stereocenters. The van der Waals surface area contributed by atoms with Crippen LogP contribution in [0.25, 0.3) is 11.3 Å². The molecule has 1 aromatic carbocycles. The average molecular weight is 330 g/mol. The Labute approximate surface area is 140 Å². The third-order valence-electron chi connectivity index (χ3n) is 3.75. The Balaban J connectivity index is 1.91. The number of hydrogen-bond donors (Lipinski definition) is 2. The van der Waals surface area contributed by atoms with Gasteiger partial charge in [0.25, 0.3) is 0 Å². The molecule has 0 saturated carbocycles. The van der Waals surface area contributed by atoms with E-state index in [0.29, 0.717) is 18.1 Å². The molecule has 0 spiro atoms. The molecule has 0 saturated heterocycles. The van der Waals surface area contributed by atoms with Crippen LogP contribution in [0.15, 0.2) is 34.7 Å². The van der Waals surface area contributed by atoms with Crippen LogP contribution < -0.4 is 5.32 Å². The van der Waals surface area contributed by atoms with Crippen molar-refractivity contribution in [2.75, 3.05) is 6.54 Å². The number of carbonyl (C=O) groups is 2. The normalized spacial score (nSPS) is 11.3. The van der Waals surface area contributed by atoms with Crippen LogP contribution in [-0.2, 0) is 16.0 Å². The zero-order valence-electron chi connectivity index (χ0n) is 14.1. The molecule has 0 aliphatic rings. The van der Waals surface area contributed by atoms with E-state index in [0.717, 1.165) is 11.3 Å². The van der Waals surface area contributed by atoms with E-state index in [1.807, 2.05) is 37.3 Å². The molecule has 1 heterocycles. The maximum atomic E-state index is 11.9. The highest BCUT2D eigenvalue weighted by Crippen LogP contribution is 2.24. The molecule has 2 rings (SSSR count). The smallest absolute Gasteiger partial charge is 0.310 e. The first-order valence-corrected chi connectivity index (χ1v) is 7.81. The first-order chi connectivity index (χ1) is 11.3. The summed E-state index contributed by atoms with van der Waals surface area (Å²) >= 11 is 0. The molecular formula is C18H22N2O4. The van der Waals surface area contributed by atoms with E-state index in [2.05, 4.69) is 10.3 Å². The van der Waals surface area contributed by atoms with Crippen molar-refractivity contribution in [3.8, 4) is 11.3 Å². The Kier molecular flexibility index (Phi) is 5.39. The highest BCUT2D eigenvalue weighted by molar-refractivity contribution is 5.78. The van der Waals surface area contributed by atoms with E-state index in [-0.39, 0.29) is 18.9 Å². The zero-order chi connectivity index (χ0) is 17.7. The molecule has 2 aromatic rings. The van der Waals surface area contributed by atoms with Gasteiger partial charge in [0.15, 0.2) is 11.7 Å². The van der Waals surface area contributed by atoms with Gasteiger partial charge in [0.2, 0.25) is 5.91 Å². The first-order valence-electron chi connectivity index (χ1n) is 7.81. The summed E-state index contributed by atoms with van der Waals surface area (Å²) in [5, 5.41) is 11.7. The quantitative estimate of drug-likeness (QED) is 0.814. The summed E-state index contributed by atoms with van der Waals surface area (Å²) < 4.78 is 5.75. The SMILES string of the molecule is Cc1nc(CCC(=O)NCC(C)(C)C(=O)O)oc1-c1ccccc1. The number of aromatic nitrogens is 1. The number of hydrogen-bond acceptors (Lipinski definition) is 4. The number of carboxylic acids is 1. The molecule has 24 heavy (non-hydrogen) atoms. The maximum absolute atomic E-state index is 11.9. The number of nitrogens with zero attached hydrogens (tertiary/aromatic N) is 1. The van der Waals surface area contributed by atoms with E-state index < -0.39 is 11.4 Å². The van der Waals surface area contributed by atoms with Gasteiger partial charge in [0.05, 0.1) is 11.1 Å². The van der Waals surface area contributed by atoms with Gasteiger partial charge < -0.3 is 14.8 Å². The van der Waals surface area contributed by atoms with E-state index in [4.69, 9.17) is 9.52 Å². The van der Waals surface area contributed by atoms with Crippen LogP contribution in [0.3, 0.4) is 0 Å². The van der Waals surface area contributed by atoms with Crippen molar-refractivity contribution in [2.45, 2.75) is 33.6 Å². The summed E-state index contributed by atoms with van der Waals surface area (Å²) in [6, 6.07) is 9.66. The number of benzene rings is 1. The fourth-order valence-corrected chi connectivity index (χ4v) is 2.12. The highest BCUT2D eigenvalue weighted by atomic mass is 16.4. The van der Waals surface area contributed by atoms with Crippen LogP contribution in [0.5, 0.6) is 0 Å². The van der Waals surface area contributed by atoms with Gasteiger partial charge in [-0.05, 0) is 20.8 Å². The second kappa shape index (κ2) is 7.29. The number of carbonyl (C=O) groups excluding carboxylic acids is 1. The molecular weight excluding hydrogens is 308 g/mol. The second-order valence-corrected chi connectivity index (χ2v) is 6.35. The van der Waals surface area contributed by atoms with Crippen LogP contribution in [-0.4, -0.2) is 28.5 Å². The van der Waals surface area contributed by atoms with Crippen LogP contribution >= 0.6 is 0 Å². The molecule has 128 valence electrons. The number of aliphatic carboxylic acids is 1. The molecule has 0 fully saturated rings. The fraction of sp³-hybridized carbons (Fsp3) is 0.389. The maximum Gasteiger partial charge on any atom is 0.310 e. The van der Waals surface area contributed by atoms with Crippen LogP contribution in [0.1, 0.15) is 31.9 Å². The molecule has 1 amide bonds. The Hall–Kier alpha value is -2.63. The van der Waals surface area contributed by atoms with Crippen LogP contribution in [0.4, 0.5) is 0 Å². The summed E-state index contributed by atoms with van der Waals surface area (Å²) in [6.07, 6.45) is 0.566. The van der Waals surface area contributed by atoms with Gasteiger partial charge >= 0.3 is 5.97 Å². The fourth-order valence-electron chi connectivity index (χ4n) is 2.12. The molecule has 6 nitrogen and oxygen atoms in total. The summed E-state index contributed by atoms with van der Waals surface area (Å²) in [6.45, 7) is 5.09. The summed E-state index contributed by atoms with van der Waals surface area (Å²) in [7, 11) is 0. The molecule has 0 aliphatic carbocycles. The number of rotatable bonds is 7. The zero-order valence-corrected chi connectivity index (χ0v) is 14.1. The van der Waals surface area contributed by atoms with Gasteiger partial charge in [-0.25, -0.2) is 4.98 Å². The number of carboxylic acid groups (broad SMARTS) is 1. The van der Waals surface area contributed by atoms with E-state index in [9.17, 15) is 9.59 Å². The standard InChI is InChI=1S/C18H22N2O4/c1-12-16(13-7-5-4-6-8-13)24-15(20-12)10-9-14(21)19-11-18(2,3)17(22)23/h4-8H,9-11H2,1-3H3,(H,19,21)(H,22,23). The number of amides is 1. The van der Waals surface area contributed by atoms with Crippen LogP contribution in [0.2, 0.25) is 0 Å². The van der Waals surface area contributed by atoms with Gasteiger partial charge in [0, 0.05) is 24.9 Å². The average Bonchev–Trinajstić information content (AvgIpc) is 2.92. The third-order valence-corrected chi connectivity index (χ3v) is 3.75. The number of nitrogens with one attached hydrogen (secondary N) is 1. The highest BCUT2D eigenvalue weighted by Gasteiger charge is 2.27. The lowest BCUT2D eigenvalue weighted by atomic mass is 9.94. The predicted molar refractivity (Wildman–Crippen MR) is 89.4 cm³/mol. The minimum Gasteiger partial charge on any atom is -0.481 e. The largest absolute Gasteiger partial charge is 0.481 e. The van der Waals surface area contributed by atoms with Gasteiger partial charge in [0.1, 0.15) is 0 Å². The van der Waals surface area contributed by atoms with Crippen molar-refractivity contribution < 1.29 is 19.1 Å². The molecule has 0 aliphatic heterocycles. The van der Waals surface area contributed by atoms with E-state index in [1.165, 1.54) is 0 Å². The van der Waals surface area contributed by atoms with Crippen molar-refractivity contribution >= 4 is 11.9 Å². The summed E-state index contributed by atoms with van der Waals surface area (Å²) in [5.74, 6) is 0.0390. The van der Waals surface area contributed by atoms with Gasteiger partial charge in [-0.3, -0.25) is 9.59 Å². The Bertz CT molecular complexity index is 720. The second-order valence-electron chi connectivity index (χ2n) is 6.35. The third kappa shape index (κ3) is 4.44. The molecule has 6 heteroatoms. The number of oxazole rings is 1. The van der Waals surface area contributed by atoms with Crippen molar-refractivity contribution in [2.24, 2.45) is 5.41 Å². The van der Waals surface area contributed by atoms with Gasteiger partial charge in [-0.2, -0.15) is 0 Å². The van der Waals surface area contributed by atoms with E-state index >= 15 is 0 Å². The Morgan fingerprint density at radius 2 is 1.92 bits per heavy atom. The number of aryl methyl sites for hydroxylation is 2. The van der Waals surface area contributed by atoms with E-state index in [1.54, 1.807) is 13.8 Å². The van der Waals surface area contributed by atoms with Crippen molar-refractivity contribution in [3.05, 3.63) is 41.9 Å². The lowest BCUT2D eigenvalue weighted by Gasteiger charge is -2.19. The van der Waals surface area contributed by atoms with Crippen molar-refractivity contribution in [1.29, 1.82) is 0 Å². The summed E-state index contributed by atoms with van der Waals surface area (Å²) in [5.41, 5.74) is 0.736. The lowest BCUT2D eigenvalue weighted by Crippen LogP contribution is -2.38. The van der Waals surface area contributed by atoms with Gasteiger partial charge in [-0.1, -0.05) is 30.3 Å². The van der Waals surface area contributed by atoms with Crippen LogP contribution in [0, 0.1) is 12.3 Å². The molecule has 0 atom stereocenters. The monoisotopic (exact) mass is 330 g/mol. The molecule has 2 N–H and O–H groups in total. The molecule has 0 bridgehead atoms. The van der Waals surface area contributed by atoms with Crippen molar-refractivity contribution in [1.82, 2.24) is 10.3 Å². The lowest BCUT2D eigenvalue weighted by molar-refractivity contribution is -0.146. The molecule has 1 aromatic heterocycles. The predicted octanol–water partition coefficient (Wildman–Crippen LogP) is 2.81. The minimum atomic E-state index is -0.990. The van der Waals surface area contributed by atoms with Gasteiger partial charge in [-0.15, -0.1) is 0 Å². The Morgan fingerprint density at radius 1 is 1.25 bits per heavy atom. The minimum absolute atomic E-state index is 0.0844. The topological polar surface area (TPSA) is 92.4 Å². The van der Waals surface area contributed by atoms with Crippen molar-refractivity contribution in [3.63, 3.8) is 0 Å². The summed E-state index contributed by atoms with van der Waals surface area (Å²) in [4.78, 5) is 27.2. The Morgan fingerprint density at radius 3 is 2.54 bits per heavy atom. The first kappa shape index (κ1) is 17.7.